The Bertz CT molecular complexity index is 1200. The number of hydrogen-bond donors (Lipinski definition) is 2. The first-order chi connectivity index (χ1) is 18.7. The first-order valence-electron chi connectivity index (χ1n) is 14.5. The highest BCUT2D eigenvalue weighted by atomic mass is 16.2. The van der Waals surface area contributed by atoms with Gasteiger partial charge in [0.25, 0.3) is 0 Å². The van der Waals surface area contributed by atoms with Gasteiger partial charge in [0, 0.05) is 36.8 Å². The fourth-order valence-corrected chi connectivity index (χ4v) is 6.70. The first-order valence-corrected chi connectivity index (χ1v) is 14.5. The minimum Gasteiger partial charge on any atom is -0.344 e. The normalized spacial score (nSPS) is 21.1. The van der Waals surface area contributed by atoms with Gasteiger partial charge in [-0.2, -0.15) is 0 Å². The van der Waals surface area contributed by atoms with Crippen LogP contribution in [0.5, 0.6) is 0 Å². The number of rotatable bonds is 8. The molecule has 2 aliphatic heterocycles. The number of nitrogens with two attached hydrogens (primary N) is 1. The van der Waals surface area contributed by atoms with Gasteiger partial charge in [-0.3, -0.25) is 14.4 Å². The van der Waals surface area contributed by atoms with Gasteiger partial charge >= 0.3 is 0 Å². The van der Waals surface area contributed by atoms with Crippen LogP contribution in [0.25, 0.3) is 0 Å². The van der Waals surface area contributed by atoms with Crippen LogP contribution in [0.2, 0.25) is 0 Å². The summed E-state index contributed by atoms with van der Waals surface area (Å²) in [4.78, 5) is 44.1. The number of likely N-dealkylation sites (tertiary alicyclic amines) is 1. The maximum Gasteiger partial charge on any atom is 0.245 e. The van der Waals surface area contributed by atoms with E-state index in [2.05, 4.69) is 17.4 Å². The quantitative estimate of drug-likeness (QED) is 0.538. The van der Waals surface area contributed by atoms with E-state index in [1.165, 1.54) is 0 Å². The summed E-state index contributed by atoms with van der Waals surface area (Å²) in [6.45, 7) is 5.11. The Morgan fingerprint density at radius 2 is 1.64 bits per heavy atom. The van der Waals surface area contributed by atoms with E-state index in [-0.39, 0.29) is 30.2 Å². The van der Waals surface area contributed by atoms with E-state index in [9.17, 15) is 14.4 Å². The van der Waals surface area contributed by atoms with Crippen LogP contribution in [0, 0.1) is 0 Å². The zero-order valence-corrected chi connectivity index (χ0v) is 23.3. The molecule has 5 rings (SSSR count). The second-order valence-corrected chi connectivity index (χ2v) is 12.3. The maximum absolute atomic E-state index is 13.8. The van der Waals surface area contributed by atoms with Crippen molar-refractivity contribution >= 4 is 23.4 Å². The molecule has 3 aliphatic rings. The average molecular weight is 531 g/mol. The van der Waals surface area contributed by atoms with Gasteiger partial charge in [-0.25, -0.2) is 0 Å². The molecule has 2 aromatic rings. The molecule has 7 heteroatoms. The molecule has 0 aromatic heterocycles. The summed E-state index contributed by atoms with van der Waals surface area (Å²) in [5.74, 6) is -0.0463. The number of hydrogen-bond acceptors (Lipinski definition) is 4. The fraction of sp³-hybridized carbons (Fsp3) is 0.531. The predicted octanol–water partition coefficient (Wildman–Crippen LogP) is 4.08. The molecule has 208 valence electrons. The third kappa shape index (κ3) is 5.74. The molecule has 2 aromatic carbocycles. The number of amides is 3. The van der Waals surface area contributed by atoms with E-state index >= 15 is 0 Å². The minimum absolute atomic E-state index is 0.0382. The van der Waals surface area contributed by atoms with Crippen molar-refractivity contribution in [3.63, 3.8) is 0 Å². The zero-order valence-electron chi connectivity index (χ0n) is 23.3. The number of anilines is 1. The van der Waals surface area contributed by atoms with Gasteiger partial charge < -0.3 is 20.9 Å². The fourth-order valence-electron chi connectivity index (χ4n) is 6.70. The highest BCUT2D eigenvalue weighted by molar-refractivity contribution is 6.08. The molecule has 0 radical (unpaired) electrons. The molecule has 39 heavy (non-hydrogen) atoms. The average Bonchev–Trinajstić information content (AvgIpc) is 3.45. The van der Waals surface area contributed by atoms with Gasteiger partial charge in [-0.15, -0.1) is 0 Å². The number of nitrogens with zero attached hydrogens (tertiary/aromatic N) is 2. The summed E-state index contributed by atoms with van der Waals surface area (Å²) in [5.41, 5.74) is 8.67. The molecule has 1 unspecified atom stereocenters. The molecule has 0 bridgehead atoms. The van der Waals surface area contributed by atoms with Gasteiger partial charge in [-0.05, 0) is 69.6 Å². The SMILES string of the molecule is CC1(C)C(=O)N(C2CCN(C(=O)C(CCc3ccccc3)NC(=O)CC3(N)CCCC3)CC2)c2ccccc21. The highest BCUT2D eigenvalue weighted by Gasteiger charge is 2.47. The van der Waals surface area contributed by atoms with Gasteiger partial charge in [0.15, 0.2) is 0 Å². The lowest BCUT2D eigenvalue weighted by Crippen LogP contribution is -2.55. The van der Waals surface area contributed by atoms with Crippen LogP contribution in [0.1, 0.15) is 76.3 Å². The predicted molar refractivity (Wildman–Crippen MR) is 153 cm³/mol. The van der Waals surface area contributed by atoms with Crippen LogP contribution in [0.3, 0.4) is 0 Å². The molecule has 0 spiro atoms. The molecule has 1 atom stereocenters. The van der Waals surface area contributed by atoms with Gasteiger partial charge in [0.05, 0.1) is 5.41 Å². The lowest BCUT2D eigenvalue weighted by molar-refractivity contribution is -0.137. The minimum atomic E-state index is -0.590. The van der Waals surface area contributed by atoms with Crippen LogP contribution in [0.15, 0.2) is 54.6 Å². The Morgan fingerprint density at radius 1 is 1.00 bits per heavy atom. The molecular formula is C32H42N4O3. The summed E-state index contributed by atoms with van der Waals surface area (Å²) in [7, 11) is 0. The Hall–Kier alpha value is -3.19. The summed E-state index contributed by atoms with van der Waals surface area (Å²) >= 11 is 0. The number of aryl methyl sites for hydroxylation is 1. The molecule has 2 heterocycles. The Labute approximate surface area is 232 Å². The van der Waals surface area contributed by atoms with Crippen molar-refractivity contribution in [3.8, 4) is 0 Å². The van der Waals surface area contributed by atoms with Crippen molar-refractivity contribution in [1.82, 2.24) is 10.2 Å². The number of para-hydroxylation sites is 1. The van der Waals surface area contributed by atoms with Crippen molar-refractivity contribution < 1.29 is 14.4 Å². The Morgan fingerprint density at radius 3 is 2.33 bits per heavy atom. The van der Waals surface area contributed by atoms with E-state index in [1.54, 1.807) is 0 Å². The van der Waals surface area contributed by atoms with Crippen LogP contribution >= 0.6 is 0 Å². The number of nitrogens with one attached hydrogen (secondary N) is 1. The second kappa shape index (κ2) is 11.1. The molecule has 7 nitrogen and oxygen atoms in total. The van der Waals surface area contributed by atoms with E-state index in [0.717, 1.165) is 42.5 Å². The Kier molecular flexibility index (Phi) is 7.81. The molecule has 1 saturated heterocycles. The van der Waals surface area contributed by atoms with Crippen molar-refractivity contribution in [2.75, 3.05) is 18.0 Å². The first kappa shape index (κ1) is 27.4. The summed E-state index contributed by atoms with van der Waals surface area (Å²) in [6, 6.07) is 17.6. The number of piperidine rings is 1. The number of fused-ring (bicyclic) bond motifs is 1. The van der Waals surface area contributed by atoms with E-state index in [4.69, 9.17) is 5.73 Å². The smallest absolute Gasteiger partial charge is 0.245 e. The summed E-state index contributed by atoms with van der Waals surface area (Å²) in [5, 5.41) is 3.06. The van der Waals surface area contributed by atoms with Crippen molar-refractivity contribution in [2.24, 2.45) is 5.73 Å². The number of benzene rings is 2. The standard InChI is InChI=1S/C32H42N4O3/c1-31(2)25-12-6-7-13-27(25)36(30(31)39)24-16-20-35(21-17-24)29(38)26(15-14-23-10-4-3-5-11-23)34-28(37)22-32(33)18-8-9-19-32/h3-7,10-13,24,26H,8-9,14-22,33H2,1-2H3,(H,34,37). The molecule has 3 N–H and O–H groups in total. The Balaban J connectivity index is 1.25. The molecule has 3 amide bonds. The van der Waals surface area contributed by atoms with E-state index in [0.29, 0.717) is 38.8 Å². The number of carbonyl (C=O) groups excluding carboxylic acids is 3. The van der Waals surface area contributed by atoms with Gasteiger partial charge in [0.2, 0.25) is 17.7 Å². The van der Waals surface area contributed by atoms with Crippen LogP contribution in [-0.4, -0.2) is 53.3 Å². The van der Waals surface area contributed by atoms with Crippen molar-refractivity contribution in [3.05, 3.63) is 65.7 Å². The summed E-state index contributed by atoms with van der Waals surface area (Å²) < 4.78 is 0. The van der Waals surface area contributed by atoms with Gasteiger partial charge in [0.1, 0.15) is 6.04 Å². The molecule has 1 saturated carbocycles. The van der Waals surface area contributed by atoms with E-state index in [1.807, 2.05) is 66.1 Å². The van der Waals surface area contributed by atoms with Crippen LogP contribution in [0.4, 0.5) is 5.69 Å². The topological polar surface area (TPSA) is 95.7 Å². The zero-order chi connectivity index (χ0) is 27.6. The third-order valence-electron chi connectivity index (χ3n) is 9.04. The van der Waals surface area contributed by atoms with Crippen LogP contribution < -0.4 is 16.0 Å². The monoisotopic (exact) mass is 530 g/mol. The van der Waals surface area contributed by atoms with Crippen molar-refractivity contribution in [1.29, 1.82) is 0 Å². The van der Waals surface area contributed by atoms with E-state index < -0.39 is 17.0 Å². The lowest BCUT2D eigenvalue weighted by atomic mass is 9.86. The second-order valence-electron chi connectivity index (χ2n) is 12.3. The van der Waals surface area contributed by atoms with Crippen molar-refractivity contribution in [2.45, 2.75) is 94.7 Å². The third-order valence-corrected chi connectivity index (χ3v) is 9.04. The molecular weight excluding hydrogens is 488 g/mol. The van der Waals surface area contributed by atoms with Gasteiger partial charge in [-0.1, -0.05) is 61.4 Å². The van der Waals surface area contributed by atoms with Crippen LogP contribution in [-0.2, 0) is 26.2 Å². The lowest BCUT2D eigenvalue weighted by Gasteiger charge is -2.39. The highest BCUT2D eigenvalue weighted by Crippen LogP contribution is 2.43. The summed E-state index contributed by atoms with van der Waals surface area (Å²) in [6.07, 6.45) is 6.74. The number of carbonyl (C=O) groups is 3. The largest absolute Gasteiger partial charge is 0.344 e. The molecule has 1 aliphatic carbocycles. The maximum atomic E-state index is 13.8. The molecule has 2 fully saturated rings.